The SMILES string of the molecule is CC1([P+](Cc2ccccc2)(c2ccccc2)c2ccccc2)C=CC=CC=C1. The molecule has 0 aromatic heterocycles. The van der Waals surface area contributed by atoms with Crippen LogP contribution in [-0.4, -0.2) is 5.16 Å². The smallest absolute Gasteiger partial charge is 0.0624 e. The van der Waals surface area contributed by atoms with Crippen molar-refractivity contribution in [1.29, 1.82) is 0 Å². The summed E-state index contributed by atoms with van der Waals surface area (Å²) in [6, 6.07) is 33.2. The maximum atomic E-state index is 2.41. The number of rotatable bonds is 5. The molecule has 0 N–H and O–H groups in total. The van der Waals surface area contributed by atoms with E-state index in [0.717, 1.165) is 6.16 Å². The quantitative estimate of drug-likeness (QED) is 0.455. The summed E-state index contributed by atoms with van der Waals surface area (Å²) in [5.74, 6) is 0. The highest BCUT2D eigenvalue weighted by Crippen LogP contribution is 2.70. The zero-order chi connectivity index (χ0) is 19.3. The Morgan fingerprint density at radius 3 is 1.46 bits per heavy atom. The van der Waals surface area contributed by atoms with Gasteiger partial charge in [-0.3, -0.25) is 0 Å². The molecule has 0 amide bonds. The molecule has 0 nitrogen and oxygen atoms in total. The molecule has 0 radical (unpaired) electrons. The molecule has 0 atom stereocenters. The lowest BCUT2D eigenvalue weighted by Gasteiger charge is -2.39. The molecule has 0 saturated heterocycles. The van der Waals surface area contributed by atoms with E-state index in [4.69, 9.17) is 0 Å². The Bertz CT molecular complexity index is 927. The van der Waals surface area contributed by atoms with E-state index < -0.39 is 7.26 Å². The fourth-order valence-electron chi connectivity index (χ4n) is 4.22. The van der Waals surface area contributed by atoms with Crippen LogP contribution in [0.1, 0.15) is 12.5 Å². The first-order valence-corrected chi connectivity index (χ1v) is 11.8. The molecule has 3 aromatic carbocycles. The Hall–Kier alpha value is -2.69. The van der Waals surface area contributed by atoms with Crippen LogP contribution >= 0.6 is 7.26 Å². The van der Waals surface area contributed by atoms with E-state index in [2.05, 4.69) is 134 Å². The van der Waals surface area contributed by atoms with Crippen LogP contribution < -0.4 is 10.6 Å². The lowest BCUT2D eigenvalue weighted by molar-refractivity contribution is 0.972. The van der Waals surface area contributed by atoms with Gasteiger partial charge in [-0.15, -0.1) is 0 Å². The van der Waals surface area contributed by atoms with Gasteiger partial charge in [-0.25, -0.2) is 0 Å². The zero-order valence-corrected chi connectivity index (χ0v) is 17.2. The van der Waals surface area contributed by atoms with Crippen LogP contribution in [-0.2, 0) is 6.16 Å². The molecule has 3 aromatic rings. The summed E-state index contributed by atoms with van der Waals surface area (Å²) in [5, 5.41) is 2.82. The first-order valence-electron chi connectivity index (χ1n) is 9.82. The first kappa shape index (κ1) is 18.7. The Kier molecular flexibility index (Phi) is 5.42. The molecule has 1 aliphatic rings. The predicted octanol–water partition coefficient (Wildman–Crippen LogP) is 6.30. The van der Waals surface area contributed by atoms with Crippen molar-refractivity contribution in [3.63, 3.8) is 0 Å². The lowest BCUT2D eigenvalue weighted by Crippen LogP contribution is -2.38. The van der Waals surface area contributed by atoms with Crippen LogP contribution in [0.15, 0.2) is 127 Å². The van der Waals surface area contributed by atoms with Gasteiger partial charge in [-0.1, -0.05) is 91.0 Å². The standard InChI is InChI=1S/C27H26P/c1-27(21-13-2-3-14-22-27)28(25-17-9-5-10-18-25,26-19-11-6-12-20-26)23-24-15-7-4-8-16-24/h2-22H,23H2,1H3/q+1. The van der Waals surface area contributed by atoms with Gasteiger partial charge in [0.05, 0.1) is 13.4 Å². The van der Waals surface area contributed by atoms with Gasteiger partial charge in [0.15, 0.2) is 0 Å². The van der Waals surface area contributed by atoms with Crippen LogP contribution in [0.5, 0.6) is 0 Å². The van der Waals surface area contributed by atoms with Crippen LogP contribution in [0.4, 0.5) is 0 Å². The van der Waals surface area contributed by atoms with Crippen molar-refractivity contribution in [3.05, 3.63) is 133 Å². The van der Waals surface area contributed by atoms with E-state index in [1.165, 1.54) is 16.2 Å². The van der Waals surface area contributed by atoms with E-state index in [-0.39, 0.29) is 5.16 Å². The molecule has 28 heavy (non-hydrogen) atoms. The van der Waals surface area contributed by atoms with E-state index in [9.17, 15) is 0 Å². The predicted molar refractivity (Wildman–Crippen MR) is 125 cm³/mol. The van der Waals surface area contributed by atoms with Crippen LogP contribution in [0, 0.1) is 0 Å². The van der Waals surface area contributed by atoms with Crippen molar-refractivity contribution in [2.75, 3.05) is 0 Å². The van der Waals surface area contributed by atoms with E-state index in [1.54, 1.807) is 0 Å². The summed E-state index contributed by atoms with van der Waals surface area (Å²) < 4.78 is 0. The molecule has 1 heteroatoms. The van der Waals surface area contributed by atoms with Crippen LogP contribution in [0.3, 0.4) is 0 Å². The van der Waals surface area contributed by atoms with Crippen molar-refractivity contribution in [3.8, 4) is 0 Å². The average Bonchev–Trinajstić information content (AvgIpc) is 2.99. The largest absolute Gasteiger partial charge is 0.123 e. The molecule has 0 heterocycles. The van der Waals surface area contributed by atoms with Gasteiger partial charge < -0.3 is 0 Å². The molecule has 0 fully saturated rings. The van der Waals surface area contributed by atoms with Crippen molar-refractivity contribution >= 4 is 17.9 Å². The van der Waals surface area contributed by atoms with Gasteiger partial charge in [0.25, 0.3) is 0 Å². The maximum absolute atomic E-state index is 2.41. The topological polar surface area (TPSA) is 0 Å². The Morgan fingerprint density at radius 1 is 0.571 bits per heavy atom. The van der Waals surface area contributed by atoms with Gasteiger partial charge in [-0.2, -0.15) is 0 Å². The monoisotopic (exact) mass is 381 g/mol. The van der Waals surface area contributed by atoms with Crippen LogP contribution in [0.25, 0.3) is 0 Å². The zero-order valence-electron chi connectivity index (χ0n) is 16.3. The highest BCUT2D eigenvalue weighted by Gasteiger charge is 2.55. The van der Waals surface area contributed by atoms with Crippen LogP contribution in [0.2, 0.25) is 0 Å². The van der Waals surface area contributed by atoms with Gasteiger partial charge in [-0.05, 0) is 48.9 Å². The third kappa shape index (κ3) is 3.41. The van der Waals surface area contributed by atoms with Crippen molar-refractivity contribution in [1.82, 2.24) is 0 Å². The summed E-state index contributed by atoms with van der Waals surface area (Å²) >= 11 is 0. The Balaban J connectivity index is 2.02. The summed E-state index contributed by atoms with van der Waals surface area (Å²) in [5.41, 5.74) is 1.39. The molecule has 0 bridgehead atoms. The fourth-order valence-corrected chi connectivity index (χ4v) is 9.14. The minimum atomic E-state index is -1.85. The second-order valence-corrected chi connectivity index (χ2v) is 11.4. The minimum Gasteiger partial charge on any atom is -0.0624 e. The average molecular weight is 381 g/mol. The van der Waals surface area contributed by atoms with Gasteiger partial charge >= 0.3 is 0 Å². The second kappa shape index (κ2) is 8.13. The molecule has 0 spiro atoms. The van der Waals surface area contributed by atoms with Crippen molar-refractivity contribution < 1.29 is 0 Å². The number of hydrogen-bond acceptors (Lipinski definition) is 0. The summed E-state index contributed by atoms with van der Waals surface area (Å²) in [6.07, 6.45) is 14.5. The maximum Gasteiger partial charge on any atom is 0.123 e. The van der Waals surface area contributed by atoms with Crippen molar-refractivity contribution in [2.24, 2.45) is 0 Å². The Labute approximate surface area is 169 Å². The molecule has 1 aliphatic carbocycles. The molecule has 138 valence electrons. The summed E-state index contributed by atoms with van der Waals surface area (Å²) in [4.78, 5) is 0. The van der Waals surface area contributed by atoms with Gasteiger partial charge in [0.2, 0.25) is 0 Å². The number of hydrogen-bond donors (Lipinski definition) is 0. The molecular weight excluding hydrogens is 355 g/mol. The summed E-state index contributed by atoms with van der Waals surface area (Å²) in [7, 11) is -1.85. The summed E-state index contributed by atoms with van der Waals surface area (Å²) in [6.45, 7) is 2.41. The molecule has 0 unspecified atom stereocenters. The normalized spacial score (nSPS) is 15.3. The minimum absolute atomic E-state index is 0.0744. The molecular formula is C27H26P+. The van der Waals surface area contributed by atoms with Gasteiger partial charge in [0, 0.05) is 0 Å². The van der Waals surface area contributed by atoms with E-state index in [0.29, 0.717) is 0 Å². The number of benzene rings is 3. The van der Waals surface area contributed by atoms with E-state index in [1.807, 2.05) is 0 Å². The van der Waals surface area contributed by atoms with Crippen molar-refractivity contribution in [2.45, 2.75) is 18.2 Å². The molecule has 4 rings (SSSR count). The third-order valence-electron chi connectivity index (χ3n) is 5.68. The van der Waals surface area contributed by atoms with Gasteiger partial charge in [0.1, 0.15) is 15.8 Å². The Morgan fingerprint density at radius 2 is 1.00 bits per heavy atom. The second-order valence-electron chi connectivity index (χ2n) is 7.45. The highest BCUT2D eigenvalue weighted by atomic mass is 31.2. The molecule has 0 aliphatic heterocycles. The molecule has 0 saturated carbocycles. The highest BCUT2D eigenvalue weighted by molar-refractivity contribution is 7.90. The third-order valence-corrected chi connectivity index (χ3v) is 10.8. The lowest BCUT2D eigenvalue weighted by atomic mass is 10.1. The van der Waals surface area contributed by atoms with E-state index >= 15 is 0 Å². The first-order chi connectivity index (χ1) is 13.7. The number of allylic oxidation sites excluding steroid dienone is 6. The fraction of sp³-hybridized carbons (Fsp3) is 0.111.